The van der Waals surface area contributed by atoms with E-state index < -0.39 is 0 Å². The summed E-state index contributed by atoms with van der Waals surface area (Å²) in [5.74, 6) is 5.38. The molecule has 0 saturated heterocycles. The van der Waals surface area contributed by atoms with Crippen molar-refractivity contribution in [2.75, 3.05) is 0 Å². The lowest BCUT2D eigenvalue weighted by Crippen LogP contribution is -1.95. The summed E-state index contributed by atoms with van der Waals surface area (Å²) in [5, 5.41) is 0. The van der Waals surface area contributed by atoms with E-state index in [-0.39, 0.29) is 0 Å². The van der Waals surface area contributed by atoms with Crippen molar-refractivity contribution >= 4 is 23.5 Å². The van der Waals surface area contributed by atoms with Crippen LogP contribution in [0.3, 0.4) is 0 Å². The maximum atomic E-state index is 5.60. The van der Waals surface area contributed by atoms with Gasteiger partial charge in [-0.25, -0.2) is 0 Å². The van der Waals surface area contributed by atoms with Crippen LogP contribution in [0.5, 0.6) is 0 Å². The fraction of sp³-hybridized carbons (Fsp3) is 0. The first-order valence-electron chi connectivity index (χ1n) is 5.38. The minimum Gasteiger partial charge on any atom is -0.115 e. The van der Waals surface area contributed by atoms with Crippen molar-refractivity contribution in [1.82, 2.24) is 0 Å². The zero-order chi connectivity index (χ0) is 12.5. The van der Waals surface area contributed by atoms with E-state index in [4.69, 9.17) is 12.8 Å². The second-order valence-electron chi connectivity index (χ2n) is 3.75. The van der Waals surface area contributed by atoms with Crippen LogP contribution in [0.25, 0.3) is 0 Å². The van der Waals surface area contributed by atoms with Crippen molar-refractivity contribution in [2.45, 2.75) is 19.6 Å². The van der Waals surface area contributed by atoms with Crippen LogP contribution in [-0.2, 0) is 0 Å². The van der Waals surface area contributed by atoms with Crippen molar-refractivity contribution < 1.29 is 0 Å². The van der Waals surface area contributed by atoms with E-state index in [9.17, 15) is 0 Å². The fourth-order valence-electron chi connectivity index (χ4n) is 1.86. The third-order valence-electron chi connectivity index (χ3n) is 2.70. The first-order valence-corrected chi connectivity index (χ1v) is 7.01. The smallest absolute Gasteiger partial charge is 0.0550 e. The fourth-order valence-corrected chi connectivity index (χ4v) is 4.21. The molecule has 0 aromatic heterocycles. The summed E-state index contributed by atoms with van der Waals surface area (Å²) < 4.78 is 0. The predicted octanol–water partition coefficient (Wildman–Crippen LogP) is 4.27. The maximum Gasteiger partial charge on any atom is 0.0550 e. The summed E-state index contributed by atoms with van der Waals surface area (Å²) in [6, 6.07) is 12.3. The third-order valence-corrected chi connectivity index (χ3v) is 5.30. The molecule has 1 heterocycles. The standard InChI is InChI=1S/C16H8S2/c1-3-11-9-10-15-16(12(11)4-2)18-14-8-6-5-7-13(14)17-15/h1-2,5-10H. The van der Waals surface area contributed by atoms with Gasteiger partial charge in [0.25, 0.3) is 0 Å². The van der Waals surface area contributed by atoms with Gasteiger partial charge in [-0.05, 0) is 24.3 Å². The van der Waals surface area contributed by atoms with Crippen molar-refractivity contribution in [3.05, 3.63) is 47.5 Å². The lowest BCUT2D eigenvalue weighted by atomic mass is 10.1. The first-order chi connectivity index (χ1) is 8.83. The quantitative estimate of drug-likeness (QED) is 0.556. The highest BCUT2D eigenvalue weighted by Gasteiger charge is 2.20. The van der Waals surface area contributed by atoms with Gasteiger partial charge in [0.2, 0.25) is 0 Å². The molecule has 0 bridgehead atoms. The monoisotopic (exact) mass is 264 g/mol. The third kappa shape index (κ3) is 1.71. The molecule has 0 amide bonds. The Hall–Kier alpha value is -1.74. The van der Waals surface area contributed by atoms with Gasteiger partial charge < -0.3 is 0 Å². The van der Waals surface area contributed by atoms with Gasteiger partial charge in [0.1, 0.15) is 0 Å². The number of hydrogen-bond donors (Lipinski definition) is 0. The molecule has 84 valence electrons. The molecule has 1 aliphatic rings. The van der Waals surface area contributed by atoms with Crippen molar-refractivity contribution in [2.24, 2.45) is 0 Å². The van der Waals surface area contributed by atoms with Crippen LogP contribution >= 0.6 is 23.5 Å². The summed E-state index contributed by atoms with van der Waals surface area (Å²) in [5.41, 5.74) is 1.63. The van der Waals surface area contributed by atoms with Crippen LogP contribution < -0.4 is 0 Å². The Labute approximate surface area is 115 Å². The van der Waals surface area contributed by atoms with Crippen molar-refractivity contribution in [1.29, 1.82) is 0 Å². The Morgan fingerprint density at radius 3 is 2.17 bits per heavy atom. The van der Waals surface area contributed by atoms with Crippen LogP contribution in [0.4, 0.5) is 0 Å². The van der Waals surface area contributed by atoms with Gasteiger partial charge in [-0.2, -0.15) is 0 Å². The molecule has 0 unspecified atom stereocenters. The summed E-state index contributed by atoms with van der Waals surface area (Å²) in [4.78, 5) is 4.80. The minimum atomic E-state index is 0.795. The van der Waals surface area contributed by atoms with E-state index in [0.29, 0.717) is 0 Å². The highest BCUT2D eigenvalue weighted by atomic mass is 32.2. The molecule has 1 aliphatic heterocycles. The van der Waals surface area contributed by atoms with Crippen LogP contribution in [0.1, 0.15) is 11.1 Å². The minimum absolute atomic E-state index is 0.795. The number of fused-ring (bicyclic) bond motifs is 2. The molecule has 0 saturated carbocycles. The van der Waals surface area contributed by atoms with Crippen LogP contribution in [0.15, 0.2) is 56.0 Å². The molecule has 0 radical (unpaired) electrons. The zero-order valence-electron chi connectivity index (χ0n) is 9.44. The van der Waals surface area contributed by atoms with Crippen LogP contribution in [-0.4, -0.2) is 0 Å². The normalized spacial score (nSPS) is 11.9. The summed E-state index contributed by atoms with van der Waals surface area (Å²) in [6.45, 7) is 0. The first kappa shape index (κ1) is 11.4. The van der Waals surface area contributed by atoms with E-state index in [2.05, 4.69) is 36.1 Å². The number of benzene rings is 2. The number of hydrogen-bond acceptors (Lipinski definition) is 2. The van der Waals surface area contributed by atoms with E-state index in [1.807, 2.05) is 12.1 Å². The van der Waals surface area contributed by atoms with Crippen LogP contribution in [0, 0.1) is 24.7 Å². The van der Waals surface area contributed by atoms with Crippen molar-refractivity contribution in [3.8, 4) is 24.7 Å². The predicted molar refractivity (Wildman–Crippen MR) is 77.0 cm³/mol. The Kier molecular flexibility index (Phi) is 2.84. The molecule has 2 aromatic rings. The highest BCUT2D eigenvalue weighted by Crippen LogP contribution is 2.49. The van der Waals surface area contributed by atoms with Gasteiger partial charge >= 0.3 is 0 Å². The Morgan fingerprint density at radius 1 is 0.778 bits per heavy atom. The van der Waals surface area contributed by atoms with Gasteiger partial charge in [0, 0.05) is 25.1 Å². The molecule has 0 nitrogen and oxygen atoms in total. The summed E-state index contributed by atoms with van der Waals surface area (Å²) >= 11 is 3.45. The van der Waals surface area contributed by atoms with Gasteiger partial charge in [-0.3, -0.25) is 0 Å². The molecular weight excluding hydrogens is 256 g/mol. The Morgan fingerprint density at radius 2 is 1.50 bits per heavy atom. The molecule has 3 rings (SSSR count). The highest BCUT2D eigenvalue weighted by molar-refractivity contribution is 8.05. The number of terminal acetylenes is 2. The van der Waals surface area contributed by atoms with E-state index in [1.165, 1.54) is 14.7 Å². The molecule has 0 N–H and O–H groups in total. The topological polar surface area (TPSA) is 0 Å². The molecule has 0 spiro atoms. The second-order valence-corrected chi connectivity index (χ2v) is 5.89. The average molecular weight is 264 g/mol. The maximum absolute atomic E-state index is 5.60. The molecule has 18 heavy (non-hydrogen) atoms. The van der Waals surface area contributed by atoms with Gasteiger partial charge in [-0.15, -0.1) is 12.8 Å². The molecule has 0 aliphatic carbocycles. The van der Waals surface area contributed by atoms with Gasteiger partial charge in [0.15, 0.2) is 0 Å². The van der Waals surface area contributed by atoms with E-state index in [0.717, 1.165) is 16.0 Å². The zero-order valence-corrected chi connectivity index (χ0v) is 11.1. The summed E-state index contributed by atoms with van der Waals surface area (Å²) in [7, 11) is 0. The van der Waals surface area contributed by atoms with Gasteiger partial charge in [-0.1, -0.05) is 47.5 Å². The van der Waals surface area contributed by atoms with Crippen molar-refractivity contribution in [3.63, 3.8) is 0 Å². The molecule has 2 aromatic carbocycles. The Bertz CT molecular complexity index is 715. The number of rotatable bonds is 0. The second kappa shape index (κ2) is 4.50. The van der Waals surface area contributed by atoms with Gasteiger partial charge in [0.05, 0.1) is 5.56 Å². The largest absolute Gasteiger partial charge is 0.115 e. The molecular formula is C16H8S2. The average Bonchev–Trinajstić information content (AvgIpc) is 2.43. The lowest BCUT2D eigenvalue weighted by molar-refractivity contribution is 1.14. The molecule has 0 atom stereocenters. The van der Waals surface area contributed by atoms with E-state index >= 15 is 0 Å². The molecule has 2 heteroatoms. The SMILES string of the molecule is C#Cc1ccc2c(c1C#C)Sc1ccccc1S2. The summed E-state index contributed by atoms with van der Waals surface area (Å²) in [6.07, 6.45) is 11.1. The lowest BCUT2D eigenvalue weighted by Gasteiger charge is -2.19. The Balaban J connectivity index is 2.20. The molecule has 0 fully saturated rings. The van der Waals surface area contributed by atoms with Crippen LogP contribution in [0.2, 0.25) is 0 Å². The van der Waals surface area contributed by atoms with E-state index in [1.54, 1.807) is 23.5 Å².